The van der Waals surface area contributed by atoms with Gasteiger partial charge in [-0.05, 0) is 23.4 Å². The minimum atomic E-state index is -0.181. The van der Waals surface area contributed by atoms with Crippen LogP contribution in [0.1, 0.15) is 5.56 Å². The lowest BCUT2D eigenvalue weighted by molar-refractivity contribution is 0.199. The van der Waals surface area contributed by atoms with E-state index in [2.05, 4.69) is 15.3 Å². The van der Waals surface area contributed by atoms with Crippen LogP contribution in [0, 0.1) is 0 Å². The maximum Gasteiger partial charge on any atom is 0.251 e. The molecule has 0 amide bonds. The van der Waals surface area contributed by atoms with E-state index in [4.69, 9.17) is 16.3 Å². The normalized spacial score (nSPS) is 10.8. The van der Waals surface area contributed by atoms with Crippen molar-refractivity contribution < 1.29 is 4.74 Å². The van der Waals surface area contributed by atoms with Crippen molar-refractivity contribution in [3.05, 3.63) is 51.4 Å². The van der Waals surface area contributed by atoms with E-state index < -0.39 is 0 Å². The van der Waals surface area contributed by atoms with Crippen molar-refractivity contribution in [2.75, 3.05) is 20.3 Å². The second-order valence-corrected chi connectivity index (χ2v) is 5.65. The molecular formula is C14H16ClN3O2S. The average Bonchev–Trinajstić information content (AvgIpc) is 2.47. The summed E-state index contributed by atoms with van der Waals surface area (Å²) in [4.78, 5) is 19.0. The molecule has 1 aromatic carbocycles. The number of halogens is 1. The van der Waals surface area contributed by atoms with Crippen LogP contribution in [0.5, 0.6) is 0 Å². The molecule has 0 saturated carbocycles. The minimum Gasteiger partial charge on any atom is -0.383 e. The monoisotopic (exact) mass is 325 g/mol. The van der Waals surface area contributed by atoms with Crippen molar-refractivity contribution >= 4 is 23.4 Å². The quantitative estimate of drug-likeness (QED) is 0.604. The zero-order valence-corrected chi connectivity index (χ0v) is 13.1. The molecule has 1 aromatic heterocycles. The summed E-state index contributed by atoms with van der Waals surface area (Å²) in [5, 5.41) is 4.44. The summed E-state index contributed by atoms with van der Waals surface area (Å²) in [5.41, 5.74) is 0.870. The number of hydrogen-bond acceptors (Lipinski definition) is 5. The van der Waals surface area contributed by atoms with Gasteiger partial charge in [0.25, 0.3) is 5.56 Å². The smallest absolute Gasteiger partial charge is 0.251 e. The summed E-state index contributed by atoms with van der Waals surface area (Å²) in [6.45, 7) is 2.08. The van der Waals surface area contributed by atoms with Gasteiger partial charge in [0.15, 0.2) is 5.16 Å². The third kappa shape index (κ3) is 4.86. The van der Waals surface area contributed by atoms with Gasteiger partial charge in [0.2, 0.25) is 0 Å². The molecule has 21 heavy (non-hydrogen) atoms. The molecule has 2 N–H and O–H groups in total. The van der Waals surface area contributed by atoms with E-state index in [1.54, 1.807) is 7.11 Å². The van der Waals surface area contributed by atoms with Crippen LogP contribution in [0.25, 0.3) is 0 Å². The van der Waals surface area contributed by atoms with Crippen LogP contribution in [0.4, 0.5) is 0 Å². The molecular weight excluding hydrogens is 310 g/mol. The van der Waals surface area contributed by atoms with E-state index in [-0.39, 0.29) is 5.56 Å². The first-order valence-electron chi connectivity index (χ1n) is 6.41. The van der Waals surface area contributed by atoms with Crippen LogP contribution in [0.3, 0.4) is 0 Å². The van der Waals surface area contributed by atoms with E-state index in [9.17, 15) is 4.79 Å². The highest BCUT2D eigenvalue weighted by molar-refractivity contribution is 7.99. The molecule has 0 atom stereocenters. The molecule has 1 heterocycles. The van der Waals surface area contributed by atoms with Gasteiger partial charge in [-0.15, -0.1) is 0 Å². The van der Waals surface area contributed by atoms with Crippen LogP contribution < -0.4 is 10.9 Å². The third-order valence-corrected chi connectivity index (χ3v) is 4.21. The lowest BCUT2D eigenvalue weighted by Crippen LogP contribution is -2.19. The van der Waals surface area contributed by atoms with Gasteiger partial charge in [0, 0.05) is 37.4 Å². The molecule has 112 valence electrons. The zero-order chi connectivity index (χ0) is 15.1. The second kappa shape index (κ2) is 8.19. The van der Waals surface area contributed by atoms with Crippen molar-refractivity contribution in [2.45, 2.75) is 16.6 Å². The fraction of sp³-hybridized carbons (Fsp3) is 0.286. The first kappa shape index (κ1) is 16.0. The largest absolute Gasteiger partial charge is 0.383 e. The summed E-state index contributed by atoms with van der Waals surface area (Å²) in [5.74, 6) is 0. The number of methoxy groups -OCH3 is 1. The molecule has 0 radical (unpaired) electrons. The molecule has 0 aliphatic heterocycles. The van der Waals surface area contributed by atoms with Gasteiger partial charge in [-0.1, -0.05) is 23.7 Å². The summed E-state index contributed by atoms with van der Waals surface area (Å²) >= 11 is 7.62. The van der Waals surface area contributed by atoms with Gasteiger partial charge in [-0.3, -0.25) is 4.79 Å². The average molecular weight is 326 g/mol. The molecule has 0 unspecified atom stereocenters. The number of nitrogens with one attached hydrogen (secondary N) is 2. The van der Waals surface area contributed by atoms with E-state index in [1.807, 2.05) is 18.2 Å². The van der Waals surface area contributed by atoms with E-state index >= 15 is 0 Å². The molecule has 0 spiro atoms. The SMILES string of the molecule is COCCNCc1cccc(Cl)c1Sc1nccc(=O)[nH]1. The molecule has 0 aliphatic carbocycles. The lowest BCUT2D eigenvalue weighted by Gasteiger charge is -2.11. The summed E-state index contributed by atoms with van der Waals surface area (Å²) in [7, 11) is 1.67. The van der Waals surface area contributed by atoms with Gasteiger partial charge in [-0.25, -0.2) is 4.98 Å². The van der Waals surface area contributed by atoms with Gasteiger partial charge in [0.05, 0.1) is 11.6 Å². The standard InChI is InChI=1S/C14H16ClN3O2S/c1-20-8-7-16-9-10-3-2-4-11(15)13(10)21-14-17-6-5-12(19)18-14/h2-6,16H,7-9H2,1H3,(H,17,18,19). The maximum absolute atomic E-state index is 11.3. The highest BCUT2D eigenvalue weighted by atomic mass is 35.5. The first-order valence-corrected chi connectivity index (χ1v) is 7.60. The first-order chi connectivity index (χ1) is 10.2. The van der Waals surface area contributed by atoms with Gasteiger partial charge in [0.1, 0.15) is 0 Å². The van der Waals surface area contributed by atoms with Gasteiger partial charge >= 0.3 is 0 Å². The number of H-pyrrole nitrogens is 1. The number of ether oxygens (including phenoxy) is 1. The molecule has 2 rings (SSSR count). The molecule has 7 heteroatoms. The third-order valence-electron chi connectivity index (χ3n) is 2.69. The maximum atomic E-state index is 11.3. The highest BCUT2D eigenvalue weighted by Gasteiger charge is 2.10. The molecule has 5 nitrogen and oxygen atoms in total. The number of aromatic nitrogens is 2. The minimum absolute atomic E-state index is 0.181. The van der Waals surface area contributed by atoms with Crippen LogP contribution in [0.2, 0.25) is 5.02 Å². The molecule has 2 aromatic rings. The van der Waals surface area contributed by atoms with E-state index in [0.717, 1.165) is 17.0 Å². The number of benzene rings is 1. The van der Waals surface area contributed by atoms with Crippen molar-refractivity contribution in [1.82, 2.24) is 15.3 Å². The Kier molecular flexibility index (Phi) is 6.25. The van der Waals surface area contributed by atoms with Gasteiger partial charge in [-0.2, -0.15) is 0 Å². The Morgan fingerprint density at radius 1 is 1.43 bits per heavy atom. The summed E-state index contributed by atoms with van der Waals surface area (Å²) in [6, 6.07) is 7.10. The fourth-order valence-corrected chi connectivity index (χ4v) is 2.91. The molecule has 0 aliphatic rings. The Hall–Kier alpha value is -1.34. The predicted octanol–water partition coefficient (Wildman–Crippen LogP) is 2.31. The molecule has 0 bridgehead atoms. The van der Waals surface area contributed by atoms with E-state index in [1.165, 1.54) is 24.0 Å². The molecule has 0 fully saturated rings. The van der Waals surface area contributed by atoms with Crippen LogP contribution in [-0.2, 0) is 11.3 Å². The van der Waals surface area contributed by atoms with Crippen molar-refractivity contribution in [3.63, 3.8) is 0 Å². The Morgan fingerprint density at radius 3 is 3.05 bits per heavy atom. The van der Waals surface area contributed by atoms with Gasteiger partial charge < -0.3 is 15.0 Å². The molecule has 0 saturated heterocycles. The topological polar surface area (TPSA) is 67.0 Å². The van der Waals surface area contributed by atoms with Crippen molar-refractivity contribution in [1.29, 1.82) is 0 Å². The second-order valence-electron chi connectivity index (χ2n) is 4.24. The Labute approximate surface area is 132 Å². The summed E-state index contributed by atoms with van der Waals surface area (Å²) in [6.07, 6.45) is 1.48. The number of aromatic amines is 1. The van der Waals surface area contributed by atoms with Crippen LogP contribution >= 0.6 is 23.4 Å². The van der Waals surface area contributed by atoms with Crippen LogP contribution in [0.15, 0.2) is 45.3 Å². The fourth-order valence-electron chi connectivity index (χ4n) is 1.70. The van der Waals surface area contributed by atoms with Crippen molar-refractivity contribution in [2.24, 2.45) is 0 Å². The van der Waals surface area contributed by atoms with Crippen molar-refractivity contribution in [3.8, 4) is 0 Å². The Morgan fingerprint density at radius 2 is 2.29 bits per heavy atom. The number of rotatable bonds is 7. The van der Waals surface area contributed by atoms with Crippen LogP contribution in [-0.4, -0.2) is 30.2 Å². The Balaban J connectivity index is 2.15. The highest BCUT2D eigenvalue weighted by Crippen LogP contribution is 2.33. The Bertz CT molecular complexity index is 648. The summed E-state index contributed by atoms with van der Waals surface area (Å²) < 4.78 is 5.00. The lowest BCUT2D eigenvalue weighted by atomic mass is 10.2. The zero-order valence-electron chi connectivity index (χ0n) is 11.6. The number of nitrogens with zero attached hydrogens (tertiary/aromatic N) is 1. The van der Waals surface area contributed by atoms with E-state index in [0.29, 0.717) is 23.3 Å². The number of hydrogen-bond donors (Lipinski definition) is 2. The predicted molar refractivity (Wildman–Crippen MR) is 84.0 cm³/mol.